The summed E-state index contributed by atoms with van der Waals surface area (Å²) in [5, 5.41) is 0. The topological polar surface area (TPSA) is 69.1 Å². The highest BCUT2D eigenvalue weighted by Crippen LogP contribution is 1.98. The number of carbonyl (C=O) groups excluding carboxylic acids is 1. The number of aryl methyl sites for hydroxylation is 1. The van der Waals surface area contributed by atoms with E-state index in [1.807, 2.05) is 13.8 Å². The van der Waals surface area contributed by atoms with Crippen LogP contribution in [0.4, 0.5) is 0 Å². The maximum absolute atomic E-state index is 10.3. The van der Waals surface area contributed by atoms with Gasteiger partial charge in [-0.2, -0.15) is 0 Å². The van der Waals surface area contributed by atoms with Crippen LogP contribution in [0, 0.1) is 6.92 Å². The predicted octanol–water partition coefficient (Wildman–Crippen LogP) is 1.11. The van der Waals surface area contributed by atoms with Gasteiger partial charge in [0.2, 0.25) is 0 Å². The van der Waals surface area contributed by atoms with Gasteiger partial charge < -0.3 is 10.2 Å². The van der Waals surface area contributed by atoms with Crippen molar-refractivity contribution < 1.29 is 9.21 Å². The first-order valence-electron chi connectivity index (χ1n) is 3.42. The summed E-state index contributed by atoms with van der Waals surface area (Å²) in [6.07, 6.45) is 1.44. The van der Waals surface area contributed by atoms with Crippen LogP contribution in [-0.2, 0) is 0 Å². The highest BCUT2D eigenvalue weighted by Gasteiger charge is 2.04. The molecule has 0 aliphatic rings. The molecule has 0 atom stereocenters. The summed E-state index contributed by atoms with van der Waals surface area (Å²) >= 11 is 0. The second-order valence-corrected chi connectivity index (χ2v) is 1.64. The molecule has 62 valence electrons. The SMILES string of the molecule is CC.Cc1cnc(C(N)=O)o1. The van der Waals surface area contributed by atoms with Crippen LogP contribution in [0.5, 0.6) is 0 Å². The molecule has 0 saturated carbocycles. The molecule has 1 aromatic rings. The van der Waals surface area contributed by atoms with Gasteiger partial charge in [0.15, 0.2) is 0 Å². The van der Waals surface area contributed by atoms with E-state index in [1.54, 1.807) is 6.92 Å². The molecule has 0 bridgehead atoms. The number of hydrogen-bond donors (Lipinski definition) is 1. The number of amides is 1. The van der Waals surface area contributed by atoms with Crippen molar-refractivity contribution in [3.8, 4) is 0 Å². The first-order chi connectivity index (χ1) is 5.20. The summed E-state index contributed by atoms with van der Waals surface area (Å²) in [7, 11) is 0. The molecule has 4 nitrogen and oxygen atoms in total. The number of oxazole rings is 1. The molecule has 0 unspecified atom stereocenters. The molecule has 0 saturated heterocycles. The first kappa shape index (κ1) is 9.68. The Morgan fingerprint density at radius 1 is 1.64 bits per heavy atom. The lowest BCUT2D eigenvalue weighted by Gasteiger charge is -1.80. The third-order valence-electron chi connectivity index (χ3n) is 0.832. The Kier molecular flexibility index (Phi) is 3.95. The molecule has 0 aromatic carbocycles. The Balaban J connectivity index is 0.000000461. The summed E-state index contributed by atoms with van der Waals surface area (Å²) in [6.45, 7) is 5.69. The highest BCUT2D eigenvalue weighted by atomic mass is 16.4. The number of primary amides is 1. The minimum atomic E-state index is -0.636. The van der Waals surface area contributed by atoms with Gasteiger partial charge in [-0.1, -0.05) is 13.8 Å². The van der Waals surface area contributed by atoms with Gasteiger partial charge in [0.25, 0.3) is 5.89 Å². The monoisotopic (exact) mass is 156 g/mol. The number of nitrogens with two attached hydrogens (primary N) is 1. The van der Waals surface area contributed by atoms with E-state index >= 15 is 0 Å². The lowest BCUT2D eigenvalue weighted by molar-refractivity contribution is 0.0966. The van der Waals surface area contributed by atoms with E-state index < -0.39 is 5.91 Å². The van der Waals surface area contributed by atoms with E-state index in [4.69, 9.17) is 10.2 Å². The summed E-state index contributed by atoms with van der Waals surface area (Å²) < 4.78 is 4.76. The third-order valence-corrected chi connectivity index (χ3v) is 0.832. The van der Waals surface area contributed by atoms with Crippen molar-refractivity contribution in [3.63, 3.8) is 0 Å². The van der Waals surface area contributed by atoms with E-state index in [0.29, 0.717) is 5.76 Å². The molecule has 1 aromatic heterocycles. The van der Waals surface area contributed by atoms with Crippen molar-refractivity contribution in [2.24, 2.45) is 5.73 Å². The average Bonchev–Trinajstić information content (AvgIpc) is 2.40. The molecule has 0 radical (unpaired) electrons. The van der Waals surface area contributed by atoms with Crippen LogP contribution in [0.15, 0.2) is 10.6 Å². The minimum Gasteiger partial charge on any atom is -0.438 e. The molecule has 1 rings (SSSR count). The molecule has 0 aliphatic carbocycles. The van der Waals surface area contributed by atoms with Crippen molar-refractivity contribution in [2.45, 2.75) is 20.8 Å². The maximum Gasteiger partial charge on any atom is 0.304 e. The van der Waals surface area contributed by atoms with Crippen LogP contribution >= 0.6 is 0 Å². The second-order valence-electron chi connectivity index (χ2n) is 1.64. The smallest absolute Gasteiger partial charge is 0.304 e. The predicted molar refractivity (Wildman–Crippen MR) is 41.1 cm³/mol. The van der Waals surface area contributed by atoms with Gasteiger partial charge in [-0.25, -0.2) is 4.98 Å². The van der Waals surface area contributed by atoms with E-state index in [0.717, 1.165) is 0 Å². The third kappa shape index (κ3) is 2.84. The van der Waals surface area contributed by atoms with E-state index in [-0.39, 0.29) is 5.89 Å². The molecular formula is C7H12N2O2. The molecule has 0 spiro atoms. The quantitative estimate of drug-likeness (QED) is 0.662. The number of carbonyl (C=O) groups is 1. The van der Waals surface area contributed by atoms with Crippen molar-refractivity contribution in [3.05, 3.63) is 17.8 Å². The Morgan fingerprint density at radius 2 is 2.18 bits per heavy atom. The van der Waals surface area contributed by atoms with Gasteiger partial charge in [0.05, 0.1) is 6.20 Å². The number of aromatic nitrogens is 1. The zero-order valence-electron chi connectivity index (χ0n) is 6.92. The fraction of sp³-hybridized carbons (Fsp3) is 0.429. The van der Waals surface area contributed by atoms with Gasteiger partial charge in [0, 0.05) is 0 Å². The number of nitrogens with zero attached hydrogens (tertiary/aromatic N) is 1. The zero-order valence-corrected chi connectivity index (χ0v) is 6.92. The normalized spacial score (nSPS) is 8.27. The van der Waals surface area contributed by atoms with Crippen molar-refractivity contribution in [2.75, 3.05) is 0 Å². The standard InChI is InChI=1S/C5H6N2O2.C2H6/c1-3-2-7-5(9-3)4(6)8;1-2/h2H,1H3,(H2,6,8);1-2H3. The lowest BCUT2D eigenvalue weighted by Crippen LogP contribution is -2.10. The van der Waals surface area contributed by atoms with Crippen molar-refractivity contribution >= 4 is 5.91 Å². The van der Waals surface area contributed by atoms with Crippen LogP contribution in [0.1, 0.15) is 30.3 Å². The molecule has 0 aliphatic heterocycles. The van der Waals surface area contributed by atoms with Gasteiger partial charge in [-0.15, -0.1) is 0 Å². The second kappa shape index (κ2) is 4.49. The number of hydrogen-bond acceptors (Lipinski definition) is 3. The molecule has 0 fully saturated rings. The number of rotatable bonds is 1. The van der Waals surface area contributed by atoms with Crippen LogP contribution in [0.3, 0.4) is 0 Å². The highest BCUT2D eigenvalue weighted by molar-refractivity contribution is 5.87. The Hall–Kier alpha value is -1.32. The summed E-state index contributed by atoms with van der Waals surface area (Å²) in [6, 6.07) is 0. The molecule has 11 heavy (non-hydrogen) atoms. The lowest BCUT2D eigenvalue weighted by atomic mass is 10.6. The Labute approximate surface area is 65.4 Å². The van der Waals surface area contributed by atoms with Gasteiger partial charge in [0.1, 0.15) is 5.76 Å². The maximum atomic E-state index is 10.3. The summed E-state index contributed by atoms with van der Waals surface area (Å²) in [5.41, 5.74) is 4.83. The average molecular weight is 156 g/mol. The molecular weight excluding hydrogens is 144 g/mol. The Bertz CT molecular complexity index is 230. The summed E-state index contributed by atoms with van der Waals surface area (Å²) in [5.74, 6) is -0.0839. The van der Waals surface area contributed by atoms with E-state index in [1.165, 1.54) is 6.20 Å². The molecule has 1 amide bonds. The Morgan fingerprint density at radius 3 is 2.36 bits per heavy atom. The van der Waals surface area contributed by atoms with Crippen LogP contribution in [0.2, 0.25) is 0 Å². The van der Waals surface area contributed by atoms with E-state index in [2.05, 4.69) is 4.98 Å². The van der Waals surface area contributed by atoms with Crippen molar-refractivity contribution in [1.29, 1.82) is 0 Å². The fourth-order valence-electron chi connectivity index (χ4n) is 0.469. The molecule has 4 heteroatoms. The first-order valence-corrected chi connectivity index (χ1v) is 3.42. The van der Waals surface area contributed by atoms with Crippen LogP contribution in [0.25, 0.3) is 0 Å². The summed E-state index contributed by atoms with van der Waals surface area (Å²) in [4.78, 5) is 13.9. The minimum absolute atomic E-state index is 0.0347. The van der Waals surface area contributed by atoms with Crippen LogP contribution in [-0.4, -0.2) is 10.9 Å². The zero-order chi connectivity index (χ0) is 8.85. The van der Waals surface area contributed by atoms with Gasteiger partial charge >= 0.3 is 5.91 Å². The fourth-order valence-corrected chi connectivity index (χ4v) is 0.469. The molecule has 2 N–H and O–H groups in total. The largest absolute Gasteiger partial charge is 0.438 e. The van der Waals surface area contributed by atoms with Gasteiger partial charge in [-0.3, -0.25) is 4.79 Å². The molecule has 1 heterocycles. The van der Waals surface area contributed by atoms with Gasteiger partial charge in [-0.05, 0) is 6.92 Å². The van der Waals surface area contributed by atoms with E-state index in [9.17, 15) is 4.79 Å². The van der Waals surface area contributed by atoms with Crippen LogP contribution < -0.4 is 5.73 Å². The van der Waals surface area contributed by atoms with Crippen molar-refractivity contribution in [1.82, 2.24) is 4.98 Å².